The highest BCUT2D eigenvalue weighted by molar-refractivity contribution is 7.51. The number of nitrogens with zero attached hydrogens (tertiary/aromatic N) is 3. The molecule has 206 valence electrons. The Bertz CT molecular complexity index is 1230. The van der Waals surface area contributed by atoms with Gasteiger partial charge in [0, 0.05) is 26.3 Å². The molecule has 0 fully saturated rings. The zero-order valence-corrected chi connectivity index (χ0v) is 25.6. The smallest absolute Gasteiger partial charge is 0.229 e. The maximum atomic E-state index is 6.47. The fourth-order valence-corrected chi connectivity index (χ4v) is 4.65. The average Bonchev–Trinajstić information content (AvgIpc) is 2.86. The molecule has 2 N–H and O–H groups in total. The molecule has 0 aliphatic carbocycles. The predicted molar refractivity (Wildman–Crippen MR) is 161 cm³/mol. The van der Waals surface area contributed by atoms with Gasteiger partial charge in [-0.2, -0.15) is 14.9 Å². The SMILES string of the molecule is COCCOc1ccc(Nc2nc(Nc3cc4c(cc3OC)CCN(C)C4)ncc2Cl)c(OP(C)C)c1.P. The number of benzene rings is 2. The summed E-state index contributed by atoms with van der Waals surface area (Å²) in [4.78, 5) is 11.3. The summed E-state index contributed by atoms with van der Waals surface area (Å²) in [6.07, 6.45) is 2.56. The molecule has 0 saturated heterocycles. The first-order chi connectivity index (χ1) is 17.9. The van der Waals surface area contributed by atoms with Gasteiger partial charge < -0.3 is 34.3 Å². The van der Waals surface area contributed by atoms with E-state index in [1.54, 1.807) is 20.4 Å². The number of hydrogen-bond acceptors (Lipinski definition) is 9. The van der Waals surface area contributed by atoms with E-state index in [0.717, 1.165) is 36.6 Å². The highest BCUT2D eigenvalue weighted by Gasteiger charge is 2.18. The normalized spacial score (nSPS) is 12.9. The van der Waals surface area contributed by atoms with Crippen LogP contribution in [0.3, 0.4) is 0 Å². The summed E-state index contributed by atoms with van der Waals surface area (Å²) in [7, 11) is 4.75. The number of ether oxygens (including phenoxy) is 3. The number of nitrogens with one attached hydrogen (secondary N) is 2. The molecule has 1 atom stereocenters. The Labute approximate surface area is 234 Å². The Balaban J connectivity index is 0.00000400. The standard InChI is InChI=1S/C26H33ClN5O4P.H3P/c1-32-9-8-17-13-23(34-3)22(12-18(17)16-32)30-26-28-15-20(27)25(31-26)29-21-7-6-19(35-11-10-33-2)14-24(21)36-37(4)5;/h6-7,12-15H,8-11,16H2,1-5H3,(H2,28,29,30,31);1H3. The molecule has 2 aromatic carbocycles. The van der Waals surface area contributed by atoms with Gasteiger partial charge in [0.05, 0.1) is 39.4 Å². The van der Waals surface area contributed by atoms with Crippen molar-refractivity contribution in [2.45, 2.75) is 13.0 Å². The summed E-state index contributed by atoms with van der Waals surface area (Å²) >= 11 is 6.47. The number of likely N-dealkylation sites (N-methyl/N-ethyl adjacent to an activating group) is 1. The molecule has 0 saturated carbocycles. The maximum Gasteiger partial charge on any atom is 0.229 e. The van der Waals surface area contributed by atoms with Gasteiger partial charge in [-0.1, -0.05) is 11.6 Å². The first kappa shape index (κ1) is 30.1. The lowest BCUT2D eigenvalue weighted by Gasteiger charge is -2.26. The minimum Gasteiger partial charge on any atom is -0.495 e. The van der Waals surface area contributed by atoms with Gasteiger partial charge in [0.15, 0.2) is 5.82 Å². The van der Waals surface area contributed by atoms with E-state index in [4.69, 9.17) is 30.3 Å². The zero-order chi connectivity index (χ0) is 26.4. The van der Waals surface area contributed by atoms with Crippen LogP contribution >= 0.6 is 29.6 Å². The molecule has 1 aromatic heterocycles. The Morgan fingerprint density at radius 3 is 2.58 bits per heavy atom. The summed E-state index contributed by atoms with van der Waals surface area (Å²) in [5.41, 5.74) is 4.08. The van der Waals surface area contributed by atoms with E-state index in [9.17, 15) is 0 Å². The third kappa shape index (κ3) is 7.81. The number of hydrogen-bond donors (Lipinski definition) is 2. The second kappa shape index (κ2) is 14.1. The van der Waals surface area contributed by atoms with E-state index in [0.29, 0.717) is 41.5 Å². The van der Waals surface area contributed by atoms with Crippen molar-refractivity contribution in [3.63, 3.8) is 0 Å². The van der Waals surface area contributed by atoms with E-state index in [1.807, 2.05) is 31.5 Å². The molecule has 4 rings (SSSR count). The molecule has 0 bridgehead atoms. The highest BCUT2D eigenvalue weighted by Crippen LogP contribution is 2.40. The van der Waals surface area contributed by atoms with Gasteiger partial charge in [0.25, 0.3) is 0 Å². The maximum absolute atomic E-state index is 6.47. The van der Waals surface area contributed by atoms with E-state index in [1.165, 1.54) is 11.1 Å². The summed E-state index contributed by atoms with van der Waals surface area (Å²) in [5.74, 6) is 2.93. The van der Waals surface area contributed by atoms with Crippen molar-refractivity contribution < 1.29 is 18.7 Å². The summed E-state index contributed by atoms with van der Waals surface area (Å²) in [6, 6.07) is 9.79. The van der Waals surface area contributed by atoms with Crippen LogP contribution in [0.4, 0.5) is 23.1 Å². The van der Waals surface area contributed by atoms with Crippen LogP contribution in [-0.2, 0) is 17.7 Å². The van der Waals surface area contributed by atoms with Crippen LogP contribution in [0.2, 0.25) is 5.02 Å². The second-order valence-corrected chi connectivity index (χ2v) is 11.1. The molecule has 12 heteroatoms. The third-order valence-corrected chi connectivity index (χ3v) is 6.60. The topological polar surface area (TPSA) is 90.0 Å². The Hall–Kier alpha value is -2.41. The molecule has 0 spiro atoms. The molecule has 9 nitrogen and oxygen atoms in total. The summed E-state index contributed by atoms with van der Waals surface area (Å²) in [6.45, 7) is 6.92. The minimum atomic E-state index is -0.672. The van der Waals surface area contributed by atoms with Crippen molar-refractivity contribution >= 4 is 52.8 Å². The molecule has 3 aromatic rings. The van der Waals surface area contributed by atoms with Crippen molar-refractivity contribution in [2.75, 3.05) is 65.0 Å². The molecule has 0 radical (unpaired) electrons. The van der Waals surface area contributed by atoms with E-state index in [-0.39, 0.29) is 9.90 Å². The van der Waals surface area contributed by atoms with Crippen LogP contribution < -0.4 is 24.6 Å². The van der Waals surface area contributed by atoms with E-state index < -0.39 is 8.15 Å². The van der Waals surface area contributed by atoms with Crippen LogP contribution in [-0.4, -0.2) is 69.2 Å². The van der Waals surface area contributed by atoms with Gasteiger partial charge >= 0.3 is 0 Å². The first-order valence-corrected chi connectivity index (χ1v) is 14.5. The van der Waals surface area contributed by atoms with Crippen LogP contribution in [0, 0.1) is 0 Å². The minimum absolute atomic E-state index is 0. The van der Waals surface area contributed by atoms with Crippen LogP contribution in [0.25, 0.3) is 0 Å². The molecule has 1 aliphatic rings. The lowest BCUT2D eigenvalue weighted by Crippen LogP contribution is -2.26. The Morgan fingerprint density at radius 1 is 1.03 bits per heavy atom. The van der Waals surface area contributed by atoms with Gasteiger partial charge in [-0.15, -0.1) is 0 Å². The summed E-state index contributed by atoms with van der Waals surface area (Å²) < 4.78 is 22.6. The number of methoxy groups -OCH3 is 2. The third-order valence-electron chi connectivity index (χ3n) is 5.76. The fraction of sp³-hybridized carbons (Fsp3) is 0.385. The van der Waals surface area contributed by atoms with Gasteiger partial charge in [0.2, 0.25) is 5.95 Å². The molecular formula is C26H36ClN5O4P2. The monoisotopic (exact) mass is 579 g/mol. The molecule has 0 amide bonds. The van der Waals surface area contributed by atoms with Crippen molar-refractivity contribution in [1.82, 2.24) is 14.9 Å². The molecule has 2 heterocycles. The van der Waals surface area contributed by atoms with Crippen LogP contribution in [0.15, 0.2) is 36.5 Å². The van der Waals surface area contributed by atoms with Gasteiger partial charge in [-0.25, -0.2) is 4.98 Å². The van der Waals surface area contributed by atoms with E-state index in [2.05, 4.69) is 44.7 Å². The number of fused-ring (bicyclic) bond motifs is 1. The lowest BCUT2D eigenvalue weighted by molar-refractivity contribution is 0.146. The van der Waals surface area contributed by atoms with Crippen molar-refractivity contribution in [3.8, 4) is 17.2 Å². The largest absolute Gasteiger partial charge is 0.495 e. The van der Waals surface area contributed by atoms with Crippen molar-refractivity contribution in [1.29, 1.82) is 0 Å². The Kier molecular flexibility index (Phi) is 11.2. The Morgan fingerprint density at radius 2 is 1.84 bits per heavy atom. The predicted octanol–water partition coefficient (Wildman–Crippen LogP) is 5.73. The average molecular weight is 580 g/mol. The second-order valence-electron chi connectivity index (χ2n) is 8.85. The van der Waals surface area contributed by atoms with Crippen LogP contribution in [0.5, 0.6) is 17.2 Å². The first-order valence-electron chi connectivity index (χ1n) is 11.9. The van der Waals surface area contributed by atoms with Gasteiger partial charge in [0.1, 0.15) is 28.9 Å². The quantitative estimate of drug-likeness (QED) is 0.218. The number of rotatable bonds is 11. The van der Waals surface area contributed by atoms with Crippen molar-refractivity contribution in [3.05, 3.63) is 52.7 Å². The molecular weight excluding hydrogens is 544 g/mol. The molecule has 38 heavy (non-hydrogen) atoms. The molecule has 1 aliphatic heterocycles. The lowest BCUT2D eigenvalue weighted by atomic mass is 9.99. The van der Waals surface area contributed by atoms with Crippen molar-refractivity contribution in [2.24, 2.45) is 0 Å². The van der Waals surface area contributed by atoms with Crippen LogP contribution in [0.1, 0.15) is 11.1 Å². The highest BCUT2D eigenvalue weighted by atomic mass is 35.5. The zero-order valence-electron chi connectivity index (χ0n) is 22.5. The number of aromatic nitrogens is 2. The van der Waals surface area contributed by atoms with Gasteiger partial charge in [-0.05, 0) is 62.2 Å². The number of halogens is 1. The number of anilines is 4. The van der Waals surface area contributed by atoms with E-state index >= 15 is 0 Å². The van der Waals surface area contributed by atoms with Gasteiger partial charge in [-0.3, -0.25) is 0 Å². The fourth-order valence-electron chi connectivity index (χ4n) is 3.97. The molecule has 1 unspecified atom stereocenters. The summed E-state index contributed by atoms with van der Waals surface area (Å²) in [5, 5.41) is 6.98.